The molecule has 0 aliphatic rings. The van der Waals surface area contributed by atoms with Gasteiger partial charge >= 0.3 is 0 Å². The van der Waals surface area contributed by atoms with E-state index in [1.165, 1.54) is 12.3 Å². The highest BCUT2D eigenvalue weighted by atomic mass is 79.9. The predicted molar refractivity (Wildman–Crippen MR) is 93.2 cm³/mol. The fraction of sp³-hybridized carbons (Fsp3) is 0.125. The van der Waals surface area contributed by atoms with Crippen LogP contribution in [0.25, 0.3) is 0 Å². The van der Waals surface area contributed by atoms with E-state index in [2.05, 4.69) is 26.5 Å². The number of halogens is 1. The summed E-state index contributed by atoms with van der Waals surface area (Å²) >= 11 is 3.30. The summed E-state index contributed by atoms with van der Waals surface area (Å²) < 4.78 is 6.21. The van der Waals surface area contributed by atoms with Crippen molar-refractivity contribution in [3.8, 4) is 5.75 Å². The number of carbonyl (C=O) groups excluding carboxylic acids is 1. The number of hydrogen-bond donors (Lipinski definition) is 1. The molecule has 1 N–H and O–H groups in total. The third-order valence-electron chi connectivity index (χ3n) is 3.02. The summed E-state index contributed by atoms with van der Waals surface area (Å²) in [5, 5.41) is 14.6. The number of nitro groups is 1. The number of hydrogen-bond acceptors (Lipinski definition) is 5. The number of aryl methyl sites for hydroxylation is 1. The van der Waals surface area contributed by atoms with Gasteiger partial charge in [-0.25, -0.2) is 5.43 Å². The molecule has 124 valence electrons. The van der Waals surface area contributed by atoms with Crippen LogP contribution in [0.1, 0.15) is 11.1 Å². The van der Waals surface area contributed by atoms with Gasteiger partial charge in [0.25, 0.3) is 11.6 Å². The molecule has 0 radical (unpaired) electrons. The van der Waals surface area contributed by atoms with E-state index in [1.54, 1.807) is 43.3 Å². The minimum Gasteiger partial charge on any atom is -0.484 e. The van der Waals surface area contributed by atoms with E-state index in [0.29, 0.717) is 16.9 Å². The van der Waals surface area contributed by atoms with Gasteiger partial charge in [0.15, 0.2) is 6.61 Å². The predicted octanol–water partition coefficient (Wildman–Crippen LogP) is 3.19. The molecule has 8 heteroatoms. The highest BCUT2D eigenvalue weighted by Crippen LogP contribution is 2.18. The van der Waals surface area contributed by atoms with Crippen LogP contribution in [0.5, 0.6) is 5.75 Å². The molecule has 0 saturated carbocycles. The Kier molecular flexibility index (Phi) is 6.02. The molecule has 0 spiro atoms. The number of nitrogens with zero attached hydrogens (tertiary/aromatic N) is 2. The first-order valence-electron chi connectivity index (χ1n) is 6.91. The van der Waals surface area contributed by atoms with Crippen molar-refractivity contribution in [3.05, 3.63) is 68.2 Å². The minimum atomic E-state index is -0.461. The molecular weight excluding hydrogens is 378 g/mol. The molecule has 1 amide bonds. The summed E-state index contributed by atoms with van der Waals surface area (Å²) in [6.45, 7) is 1.47. The minimum absolute atomic E-state index is 0.00356. The third-order valence-corrected chi connectivity index (χ3v) is 3.54. The van der Waals surface area contributed by atoms with Gasteiger partial charge in [-0.1, -0.05) is 28.1 Å². The van der Waals surface area contributed by atoms with E-state index in [9.17, 15) is 14.9 Å². The summed E-state index contributed by atoms with van der Waals surface area (Å²) in [4.78, 5) is 22.0. The lowest BCUT2D eigenvalue weighted by atomic mass is 10.1. The van der Waals surface area contributed by atoms with Crippen molar-refractivity contribution in [1.82, 2.24) is 5.43 Å². The standard InChI is InChI=1S/C16H14BrN3O4/c1-11-2-3-12(8-15(11)20(22)23)9-18-19-16(21)10-24-14-6-4-13(17)5-7-14/h2-9H,10H2,1H3,(H,19,21)/b18-9-. The van der Waals surface area contributed by atoms with Crippen molar-refractivity contribution in [1.29, 1.82) is 0 Å². The van der Waals surface area contributed by atoms with Crippen molar-refractivity contribution in [2.45, 2.75) is 6.92 Å². The molecule has 0 bridgehead atoms. The van der Waals surface area contributed by atoms with Gasteiger partial charge in [0.05, 0.1) is 11.1 Å². The maximum atomic E-state index is 11.6. The fourth-order valence-electron chi connectivity index (χ4n) is 1.79. The number of carbonyl (C=O) groups is 1. The highest BCUT2D eigenvalue weighted by Gasteiger charge is 2.10. The highest BCUT2D eigenvalue weighted by molar-refractivity contribution is 9.10. The Morgan fingerprint density at radius 1 is 1.33 bits per heavy atom. The molecule has 0 fully saturated rings. The number of hydrazone groups is 1. The molecule has 0 saturated heterocycles. The SMILES string of the molecule is Cc1ccc(/C=N\NC(=O)COc2ccc(Br)cc2)cc1[N+](=O)[O-]. The molecule has 2 aromatic rings. The summed E-state index contributed by atoms with van der Waals surface area (Å²) in [6.07, 6.45) is 1.34. The van der Waals surface area contributed by atoms with Crippen LogP contribution in [0, 0.1) is 17.0 Å². The summed E-state index contributed by atoms with van der Waals surface area (Å²) in [5.74, 6) is 0.127. The van der Waals surface area contributed by atoms with Crippen molar-refractivity contribution in [3.63, 3.8) is 0 Å². The van der Waals surface area contributed by atoms with Gasteiger partial charge in [0.1, 0.15) is 5.75 Å². The average molecular weight is 392 g/mol. The molecule has 2 rings (SSSR count). The van der Waals surface area contributed by atoms with Gasteiger partial charge in [0.2, 0.25) is 0 Å². The van der Waals surface area contributed by atoms with Crippen LogP contribution >= 0.6 is 15.9 Å². The van der Waals surface area contributed by atoms with Crippen LogP contribution in [-0.4, -0.2) is 23.7 Å². The summed E-state index contributed by atoms with van der Waals surface area (Å²) in [7, 11) is 0. The molecule has 0 aromatic heterocycles. The topological polar surface area (TPSA) is 93.8 Å². The van der Waals surface area contributed by atoms with Crippen molar-refractivity contribution in [2.24, 2.45) is 5.10 Å². The van der Waals surface area contributed by atoms with Gasteiger partial charge in [0, 0.05) is 21.7 Å². The Hall–Kier alpha value is -2.74. The molecule has 0 aliphatic heterocycles. The van der Waals surface area contributed by atoms with Crippen molar-refractivity contribution < 1.29 is 14.5 Å². The molecule has 2 aromatic carbocycles. The van der Waals surface area contributed by atoms with Crippen LogP contribution in [0.2, 0.25) is 0 Å². The van der Waals surface area contributed by atoms with Gasteiger partial charge in [-0.15, -0.1) is 0 Å². The quantitative estimate of drug-likeness (QED) is 0.464. The zero-order valence-electron chi connectivity index (χ0n) is 12.7. The zero-order chi connectivity index (χ0) is 17.5. The molecular formula is C16H14BrN3O4. The third kappa shape index (κ3) is 5.17. The van der Waals surface area contributed by atoms with Crippen LogP contribution < -0.4 is 10.2 Å². The van der Waals surface area contributed by atoms with Gasteiger partial charge in [-0.3, -0.25) is 14.9 Å². The van der Waals surface area contributed by atoms with E-state index < -0.39 is 10.8 Å². The molecule has 0 aliphatic carbocycles. The van der Waals surface area contributed by atoms with Crippen LogP contribution in [-0.2, 0) is 4.79 Å². The molecule has 7 nitrogen and oxygen atoms in total. The summed E-state index contributed by atoms with van der Waals surface area (Å²) in [5.41, 5.74) is 3.38. The van der Waals surface area contributed by atoms with Crippen LogP contribution in [0.3, 0.4) is 0 Å². The Labute approximate surface area is 146 Å². The smallest absolute Gasteiger partial charge is 0.277 e. The molecule has 0 heterocycles. The Morgan fingerprint density at radius 3 is 2.71 bits per heavy atom. The lowest BCUT2D eigenvalue weighted by Crippen LogP contribution is -2.24. The first-order valence-corrected chi connectivity index (χ1v) is 7.70. The number of rotatable bonds is 6. The first-order chi connectivity index (χ1) is 11.5. The zero-order valence-corrected chi connectivity index (χ0v) is 14.3. The van der Waals surface area contributed by atoms with Gasteiger partial charge < -0.3 is 4.74 Å². The van der Waals surface area contributed by atoms with E-state index in [4.69, 9.17) is 4.74 Å². The second kappa shape index (κ2) is 8.21. The lowest BCUT2D eigenvalue weighted by molar-refractivity contribution is -0.385. The second-order valence-electron chi connectivity index (χ2n) is 4.84. The first kappa shape index (κ1) is 17.6. The Morgan fingerprint density at radius 2 is 2.04 bits per heavy atom. The molecule has 24 heavy (non-hydrogen) atoms. The van der Waals surface area contributed by atoms with E-state index >= 15 is 0 Å². The normalized spacial score (nSPS) is 10.6. The Balaban J connectivity index is 1.87. The fourth-order valence-corrected chi connectivity index (χ4v) is 2.06. The summed E-state index contributed by atoms with van der Waals surface area (Å²) in [6, 6.07) is 11.8. The second-order valence-corrected chi connectivity index (χ2v) is 5.75. The molecule has 0 unspecified atom stereocenters. The number of amides is 1. The van der Waals surface area contributed by atoms with E-state index in [0.717, 1.165) is 4.47 Å². The monoisotopic (exact) mass is 391 g/mol. The number of benzene rings is 2. The van der Waals surface area contributed by atoms with Crippen molar-refractivity contribution >= 4 is 33.7 Å². The van der Waals surface area contributed by atoms with Crippen LogP contribution in [0.15, 0.2) is 52.0 Å². The maximum absolute atomic E-state index is 11.6. The molecule has 0 atom stereocenters. The van der Waals surface area contributed by atoms with Gasteiger partial charge in [-0.2, -0.15) is 5.10 Å². The maximum Gasteiger partial charge on any atom is 0.277 e. The largest absolute Gasteiger partial charge is 0.484 e. The number of nitrogens with one attached hydrogen (secondary N) is 1. The van der Waals surface area contributed by atoms with Crippen LogP contribution in [0.4, 0.5) is 5.69 Å². The van der Waals surface area contributed by atoms with E-state index in [1.807, 2.05) is 0 Å². The average Bonchev–Trinajstić information content (AvgIpc) is 2.55. The number of nitro benzene ring substituents is 1. The van der Waals surface area contributed by atoms with Gasteiger partial charge in [-0.05, 0) is 31.2 Å². The van der Waals surface area contributed by atoms with E-state index in [-0.39, 0.29) is 12.3 Å². The number of ether oxygens (including phenoxy) is 1. The Bertz CT molecular complexity index is 775. The van der Waals surface area contributed by atoms with Crippen molar-refractivity contribution in [2.75, 3.05) is 6.61 Å². The lowest BCUT2D eigenvalue weighted by Gasteiger charge is -2.04.